The number of rotatable bonds is 0. The molecular weight excluding hydrogens is 228 g/mol. The van der Waals surface area contributed by atoms with E-state index in [0.29, 0.717) is 0 Å². The van der Waals surface area contributed by atoms with Gasteiger partial charge in [-0.15, -0.1) is 0 Å². The van der Waals surface area contributed by atoms with E-state index in [1.807, 2.05) is 0 Å². The van der Waals surface area contributed by atoms with E-state index in [0.717, 1.165) is 0 Å². The highest BCUT2D eigenvalue weighted by Gasteiger charge is 2.12. The van der Waals surface area contributed by atoms with Crippen molar-refractivity contribution in [1.82, 2.24) is 0 Å². The number of benzene rings is 3. The third-order valence-electron chi connectivity index (χ3n) is 4.51. The van der Waals surface area contributed by atoms with Gasteiger partial charge in [-0.1, -0.05) is 55.0 Å². The molecule has 1 aliphatic carbocycles. The Morgan fingerprint density at radius 1 is 0.579 bits per heavy atom. The van der Waals surface area contributed by atoms with Gasteiger partial charge in [-0.3, -0.25) is 0 Å². The van der Waals surface area contributed by atoms with Crippen LogP contribution in [0, 0.1) is 0 Å². The minimum absolute atomic E-state index is 1.25. The summed E-state index contributed by atoms with van der Waals surface area (Å²) in [6, 6.07) is 18.0. The Kier molecular flexibility index (Phi) is 2.55. The molecule has 4 rings (SSSR count). The molecule has 0 spiro atoms. The molecular formula is C19H18. The van der Waals surface area contributed by atoms with Crippen molar-refractivity contribution in [3.05, 3.63) is 59.7 Å². The second-order valence-corrected chi connectivity index (χ2v) is 5.65. The van der Waals surface area contributed by atoms with Crippen molar-refractivity contribution in [2.45, 2.75) is 32.1 Å². The average Bonchev–Trinajstić information content (AvgIpc) is 2.72. The molecule has 0 N–H and O–H groups in total. The van der Waals surface area contributed by atoms with Gasteiger partial charge in [0.25, 0.3) is 0 Å². The third kappa shape index (κ3) is 1.74. The van der Waals surface area contributed by atoms with Crippen LogP contribution in [0.25, 0.3) is 21.5 Å². The Hall–Kier alpha value is -1.82. The van der Waals surface area contributed by atoms with E-state index in [1.54, 1.807) is 11.1 Å². The van der Waals surface area contributed by atoms with Crippen LogP contribution in [0.5, 0.6) is 0 Å². The van der Waals surface area contributed by atoms with Crippen molar-refractivity contribution in [1.29, 1.82) is 0 Å². The number of fused-ring (bicyclic) bond motifs is 5. The summed E-state index contributed by atoms with van der Waals surface area (Å²) < 4.78 is 0. The zero-order valence-corrected chi connectivity index (χ0v) is 11.2. The summed E-state index contributed by atoms with van der Waals surface area (Å²) in [5.41, 5.74) is 3.20. The maximum absolute atomic E-state index is 2.37. The molecule has 0 amide bonds. The summed E-state index contributed by atoms with van der Waals surface area (Å²) in [5.74, 6) is 0. The molecule has 0 unspecified atom stereocenters. The van der Waals surface area contributed by atoms with Gasteiger partial charge in [0.05, 0.1) is 0 Å². The van der Waals surface area contributed by atoms with Crippen LogP contribution >= 0.6 is 0 Å². The fraction of sp³-hybridized carbons (Fsp3) is 0.263. The lowest BCUT2D eigenvalue weighted by Gasteiger charge is -2.12. The second-order valence-electron chi connectivity index (χ2n) is 5.65. The lowest BCUT2D eigenvalue weighted by Crippen LogP contribution is -1.93. The van der Waals surface area contributed by atoms with Gasteiger partial charge in [-0.2, -0.15) is 0 Å². The fourth-order valence-electron chi connectivity index (χ4n) is 3.52. The summed E-state index contributed by atoms with van der Waals surface area (Å²) in [5, 5.41) is 5.66. The summed E-state index contributed by atoms with van der Waals surface area (Å²) >= 11 is 0. The minimum Gasteiger partial charge on any atom is -0.0616 e. The standard InChI is InChI=1S/C19H18/c1-2-6-14-10-12-19-17-9-5-4-7-15(17)11-13-18(19)16(14)8-3-1/h4-5,7,9-13H,1-3,6,8H2. The molecule has 0 bridgehead atoms. The van der Waals surface area contributed by atoms with Crippen molar-refractivity contribution in [2.75, 3.05) is 0 Å². The van der Waals surface area contributed by atoms with Gasteiger partial charge in [0.1, 0.15) is 0 Å². The largest absolute Gasteiger partial charge is 0.0616 e. The maximum Gasteiger partial charge on any atom is -0.0102 e. The lowest BCUT2D eigenvalue weighted by atomic mass is 9.93. The normalized spacial score (nSPS) is 15.4. The summed E-state index contributed by atoms with van der Waals surface area (Å²) in [6.45, 7) is 0. The second kappa shape index (κ2) is 4.38. The molecule has 0 nitrogen and oxygen atoms in total. The Balaban J connectivity index is 2.09. The van der Waals surface area contributed by atoms with Crippen LogP contribution in [-0.4, -0.2) is 0 Å². The third-order valence-corrected chi connectivity index (χ3v) is 4.51. The Labute approximate surface area is 114 Å². The molecule has 3 aromatic carbocycles. The quantitative estimate of drug-likeness (QED) is 0.375. The van der Waals surface area contributed by atoms with E-state index >= 15 is 0 Å². The van der Waals surface area contributed by atoms with Crippen molar-refractivity contribution < 1.29 is 0 Å². The topological polar surface area (TPSA) is 0 Å². The van der Waals surface area contributed by atoms with Gasteiger partial charge in [0.15, 0.2) is 0 Å². The van der Waals surface area contributed by atoms with Gasteiger partial charge in [-0.05, 0) is 58.4 Å². The van der Waals surface area contributed by atoms with E-state index in [2.05, 4.69) is 48.5 Å². The zero-order chi connectivity index (χ0) is 12.7. The monoisotopic (exact) mass is 246 g/mol. The highest BCUT2D eigenvalue weighted by atomic mass is 14.2. The fourth-order valence-corrected chi connectivity index (χ4v) is 3.52. The first-order valence-electron chi connectivity index (χ1n) is 7.36. The van der Waals surface area contributed by atoms with E-state index in [9.17, 15) is 0 Å². The molecule has 0 heterocycles. The molecule has 3 aromatic rings. The Morgan fingerprint density at radius 2 is 1.42 bits per heavy atom. The van der Waals surface area contributed by atoms with Crippen LogP contribution in [0.2, 0.25) is 0 Å². The maximum atomic E-state index is 2.37. The number of aryl methyl sites for hydroxylation is 2. The van der Waals surface area contributed by atoms with Crippen LogP contribution in [0.15, 0.2) is 48.5 Å². The molecule has 0 saturated carbocycles. The molecule has 0 heteroatoms. The average molecular weight is 246 g/mol. The molecule has 0 saturated heterocycles. The van der Waals surface area contributed by atoms with Crippen LogP contribution in [0.3, 0.4) is 0 Å². The molecule has 0 aliphatic heterocycles. The molecule has 1 aliphatic rings. The summed E-state index contributed by atoms with van der Waals surface area (Å²) in [7, 11) is 0. The van der Waals surface area contributed by atoms with Gasteiger partial charge in [0, 0.05) is 0 Å². The zero-order valence-electron chi connectivity index (χ0n) is 11.2. The van der Waals surface area contributed by atoms with Crippen LogP contribution in [-0.2, 0) is 12.8 Å². The molecule has 19 heavy (non-hydrogen) atoms. The lowest BCUT2D eigenvalue weighted by molar-refractivity contribution is 0.712. The Morgan fingerprint density at radius 3 is 2.42 bits per heavy atom. The summed E-state index contributed by atoms with van der Waals surface area (Å²) in [4.78, 5) is 0. The van der Waals surface area contributed by atoms with Crippen molar-refractivity contribution >= 4 is 21.5 Å². The first kappa shape index (κ1) is 11.0. The molecule has 0 aromatic heterocycles. The van der Waals surface area contributed by atoms with Gasteiger partial charge in [-0.25, -0.2) is 0 Å². The highest BCUT2D eigenvalue weighted by Crippen LogP contribution is 2.32. The van der Waals surface area contributed by atoms with Crippen molar-refractivity contribution in [2.24, 2.45) is 0 Å². The molecule has 94 valence electrons. The van der Waals surface area contributed by atoms with E-state index in [4.69, 9.17) is 0 Å². The molecule has 0 atom stereocenters. The Bertz CT molecular complexity index is 752. The predicted molar refractivity (Wildman–Crippen MR) is 82.7 cm³/mol. The van der Waals surface area contributed by atoms with Crippen LogP contribution < -0.4 is 0 Å². The van der Waals surface area contributed by atoms with Crippen LogP contribution in [0.4, 0.5) is 0 Å². The number of hydrogen-bond acceptors (Lipinski definition) is 0. The minimum atomic E-state index is 1.25. The summed E-state index contributed by atoms with van der Waals surface area (Å²) in [6.07, 6.45) is 6.60. The van der Waals surface area contributed by atoms with Gasteiger partial charge in [0.2, 0.25) is 0 Å². The van der Waals surface area contributed by atoms with E-state index in [1.165, 1.54) is 53.6 Å². The first-order valence-corrected chi connectivity index (χ1v) is 7.36. The highest BCUT2D eigenvalue weighted by molar-refractivity contribution is 6.08. The van der Waals surface area contributed by atoms with Gasteiger partial charge >= 0.3 is 0 Å². The first-order chi connectivity index (χ1) is 9.43. The SMILES string of the molecule is c1ccc2c(c1)ccc1c3c(ccc12)CCCCC3. The molecule has 0 fully saturated rings. The van der Waals surface area contributed by atoms with Crippen LogP contribution in [0.1, 0.15) is 30.4 Å². The molecule has 0 radical (unpaired) electrons. The van der Waals surface area contributed by atoms with Crippen molar-refractivity contribution in [3.8, 4) is 0 Å². The van der Waals surface area contributed by atoms with Crippen molar-refractivity contribution in [3.63, 3.8) is 0 Å². The van der Waals surface area contributed by atoms with E-state index < -0.39 is 0 Å². The smallest absolute Gasteiger partial charge is 0.0102 e. The number of hydrogen-bond donors (Lipinski definition) is 0. The van der Waals surface area contributed by atoms with E-state index in [-0.39, 0.29) is 0 Å². The predicted octanol–water partition coefficient (Wildman–Crippen LogP) is 5.26. The van der Waals surface area contributed by atoms with Gasteiger partial charge < -0.3 is 0 Å².